The zero-order valence-corrected chi connectivity index (χ0v) is 10.5. The van der Waals surface area contributed by atoms with Crippen molar-refractivity contribution in [3.05, 3.63) is 23.9 Å². The van der Waals surface area contributed by atoms with Gasteiger partial charge in [-0.25, -0.2) is 4.98 Å². The number of anilines is 1. The maximum Gasteiger partial charge on any atom is 0.129 e. The van der Waals surface area contributed by atoms with E-state index in [1.54, 1.807) is 0 Å². The van der Waals surface area contributed by atoms with Crippen molar-refractivity contribution >= 4 is 5.82 Å². The van der Waals surface area contributed by atoms with Crippen molar-refractivity contribution in [2.45, 2.75) is 44.7 Å². The Morgan fingerprint density at radius 1 is 1.29 bits per heavy atom. The van der Waals surface area contributed by atoms with Gasteiger partial charge in [0.2, 0.25) is 0 Å². The van der Waals surface area contributed by atoms with E-state index >= 15 is 0 Å². The first-order chi connectivity index (χ1) is 8.34. The van der Waals surface area contributed by atoms with Crippen molar-refractivity contribution in [1.29, 1.82) is 0 Å². The van der Waals surface area contributed by atoms with E-state index in [2.05, 4.69) is 28.2 Å². The smallest absolute Gasteiger partial charge is 0.129 e. The molecule has 17 heavy (non-hydrogen) atoms. The molecule has 0 bridgehead atoms. The fourth-order valence-corrected chi connectivity index (χ4v) is 3.23. The van der Waals surface area contributed by atoms with Crippen molar-refractivity contribution in [1.82, 2.24) is 9.88 Å². The zero-order chi connectivity index (χ0) is 11.7. The SMILES string of the molecule is Cc1cccnc1NC1CCN2CCCCC12. The Kier molecular flexibility index (Phi) is 3.02. The monoisotopic (exact) mass is 231 g/mol. The van der Waals surface area contributed by atoms with Crippen LogP contribution in [-0.2, 0) is 0 Å². The summed E-state index contributed by atoms with van der Waals surface area (Å²) in [5, 5.41) is 3.66. The van der Waals surface area contributed by atoms with E-state index < -0.39 is 0 Å². The van der Waals surface area contributed by atoms with Crippen LogP contribution in [0.1, 0.15) is 31.2 Å². The van der Waals surface area contributed by atoms with Gasteiger partial charge in [0.25, 0.3) is 0 Å². The van der Waals surface area contributed by atoms with Gasteiger partial charge in [0, 0.05) is 24.8 Å². The highest BCUT2D eigenvalue weighted by molar-refractivity contribution is 5.44. The van der Waals surface area contributed by atoms with Crippen LogP contribution >= 0.6 is 0 Å². The maximum atomic E-state index is 4.45. The Hall–Kier alpha value is -1.09. The lowest BCUT2D eigenvalue weighted by molar-refractivity contribution is 0.192. The summed E-state index contributed by atoms with van der Waals surface area (Å²) in [7, 11) is 0. The van der Waals surface area contributed by atoms with Gasteiger partial charge in [-0.3, -0.25) is 4.90 Å². The van der Waals surface area contributed by atoms with E-state index in [0.29, 0.717) is 6.04 Å². The molecule has 92 valence electrons. The highest BCUT2D eigenvalue weighted by atomic mass is 15.2. The molecular formula is C14H21N3. The van der Waals surface area contributed by atoms with Gasteiger partial charge in [-0.15, -0.1) is 0 Å². The van der Waals surface area contributed by atoms with Gasteiger partial charge in [0.05, 0.1) is 0 Å². The number of hydrogen-bond acceptors (Lipinski definition) is 3. The second-order valence-electron chi connectivity index (χ2n) is 5.31. The molecule has 2 atom stereocenters. The normalized spacial score (nSPS) is 29.0. The topological polar surface area (TPSA) is 28.2 Å². The second kappa shape index (κ2) is 4.65. The van der Waals surface area contributed by atoms with Crippen molar-refractivity contribution in [2.75, 3.05) is 18.4 Å². The number of nitrogens with one attached hydrogen (secondary N) is 1. The average Bonchev–Trinajstić information content (AvgIpc) is 2.76. The van der Waals surface area contributed by atoms with Crippen LogP contribution in [0.4, 0.5) is 5.82 Å². The predicted octanol–water partition coefficient (Wildman–Crippen LogP) is 2.43. The molecule has 2 unspecified atom stereocenters. The Balaban J connectivity index is 1.71. The Morgan fingerprint density at radius 2 is 2.24 bits per heavy atom. The van der Waals surface area contributed by atoms with Crippen LogP contribution in [0.25, 0.3) is 0 Å². The van der Waals surface area contributed by atoms with Gasteiger partial charge >= 0.3 is 0 Å². The number of aromatic nitrogens is 1. The van der Waals surface area contributed by atoms with E-state index in [0.717, 1.165) is 11.9 Å². The van der Waals surface area contributed by atoms with Gasteiger partial charge in [0.15, 0.2) is 0 Å². The molecule has 1 aromatic heterocycles. The lowest BCUT2D eigenvalue weighted by atomic mass is 9.99. The van der Waals surface area contributed by atoms with Crippen LogP contribution < -0.4 is 5.32 Å². The summed E-state index contributed by atoms with van der Waals surface area (Å²) in [4.78, 5) is 7.10. The van der Waals surface area contributed by atoms with Crippen molar-refractivity contribution in [2.24, 2.45) is 0 Å². The predicted molar refractivity (Wildman–Crippen MR) is 70.2 cm³/mol. The highest BCUT2D eigenvalue weighted by Crippen LogP contribution is 2.29. The van der Waals surface area contributed by atoms with Crippen LogP contribution in [-0.4, -0.2) is 35.1 Å². The Bertz CT molecular complexity index is 391. The summed E-state index contributed by atoms with van der Waals surface area (Å²) in [5.41, 5.74) is 1.25. The van der Waals surface area contributed by atoms with E-state index in [1.165, 1.54) is 44.3 Å². The molecule has 1 aromatic rings. The third-order valence-corrected chi connectivity index (χ3v) is 4.19. The molecular weight excluding hydrogens is 210 g/mol. The molecule has 2 fully saturated rings. The molecule has 0 amide bonds. The summed E-state index contributed by atoms with van der Waals surface area (Å²) >= 11 is 0. The van der Waals surface area contributed by atoms with E-state index in [1.807, 2.05) is 12.3 Å². The molecule has 0 aliphatic carbocycles. The first-order valence-electron chi connectivity index (χ1n) is 6.77. The lowest BCUT2D eigenvalue weighted by Gasteiger charge is -2.32. The van der Waals surface area contributed by atoms with Crippen molar-refractivity contribution in [3.63, 3.8) is 0 Å². The molecule has 0 aromatic carbocycles. The zero-order valence-electron chi connectivity index (χ0n) is 10.5. The van der Waals surface area contributed by atoms with Crippen LogP contribution in [0.3, 0.4) is 0 Å². The quantitative estimate of drug-likeness (QED) is 0.847. The molecule has 1 N–H and O–H groups in total. The lowest BCUT2D eigenvalue weighted by Crippen LogP contribution is -2.41. The standard InChI is InChI=1S/C14H21N3/c1-11-5-4-8-15-14(11)16-12-7-10-17-9-3-2-6-13(12)17/h4-5,8,12-13H,2-3,6-7,9-10H2,1H3,(H,15,16). The number of nitrogens with zero attached hydrogens (tertiary/aromatic N) is 2. The molecule has 2 aliphatic heterocycles. The van der Waals surface area contributed by atoms with Crippen LogP contribution in [0.2, 0.25) is 0 Å². The van der Waals surface area contributed by atoms with E-state index in [4.69, 9.17) is 0 Å². The summed E-state index contributed by atoms with van der Waals surface area (Å²) in [5.74, 6) is 1.07. The molecule has 0 spiro atoms. The summed E-state index contributed by atoms with van der Waals surface area (Å²) < 4.78 is 0. The fraction of sp³-hybridized carbons (Fsp3) is 0.643. The van der Waals surface area contributed by atoms with Crippen LogP contribution in [0.15, 0.2) is 18.3 Å². The van der Waals surface area contributed by atoms with Gasteiger partial charge in [0.1, 0.15) is 5.82 Å². The minimum absolute atomic E-state index is 0.601. The molecule has 0 saturated carbocycles. The summed E-state index contributed by atoms with van der Waals surface area (Å²) in [6.07, 6.45) is 7.26. The molecule has 3 heterocycles. The van der Waals surface area contributed by atoms with E-state index in [-0.39, 0.29) is 0 Å². The number of piperidine rings is 1. The molecule has 2 saturated heterocycles. The van der Waals surface area contributed by atoms with Crippen LogP contribution in [0, 0.1) is 6.92 Å². The molecule has 3 nitrogen and oxygen atoms in total. The summed E-state index contributed by atoms with van der Waals surface area (Å²) in [6.45, 7) is 4.68. The van der Waals surface area contributed by atoms with Gasteiger partial charge < -0.3 is 5.32 Å². The Labute approximate surface area is 103 Å². The first-order valence-corrected chi connectivity index (χ1v) is 6.77. The molecule has 3 rings (SSSR count). The molecule has 2 aliphatic rings. The number of fused-ring (bicyclic) bond motifs is 1. The van der Waals surface area contributed by atoms with Crippen molar-refractivity contribution in [3.8, 4) is 0 Å². The third-order valence-electron chi connectivity index (χ3n) is 4.19. The second-order valence-corrected chi connectivity index (χ2v) is 5.31. The number of aryl methyl sites for hydroxylation is 1. The maximum absolute atomic E-state index is 4.45. The number of rotatable bonds is 2. The van der Waals surface area contributed by atoms with Crippen LogP contribution in [0.5, 0.6) is 0 Å². The van der Waals surface area contributed by atoms with Gasteiger partial charge in [-0.2, -0.15) is 0 Å². The average molecular weight is 231 g/mol. The van der Waals surface area contributed by atoms with Gasteiger partial charge in [-0.05, 0) is 44.4 Å². The van der Waals surface area contributed by atoms with E-state index in [9.17, 15) is 0 Å². The molecule has 3 heteroatoms. The number of hydrogen-bond donors (Lipinski definition) is 1. The Morgan fingerprint density at radius 3 is 3.12 bits per heavy atom. The van der Waals surface area contributed by atoms with Gasteiger partial charge in [-0.1, -0.05) is 12.5 Å². The highest BCUT2D eigenvalue weighted by Gasteiger charge is 2.35. The number of pyridine rings is 1. The first kappa shape index (κ1) is 11.0. The third kappa shape index (κ3) is 2.16. The van der Waals surface area contributed by atoms with Crippen molar-refractivity contribution < 1.29 is 0 Å². The molecule has 0 radical (unpaired) electrons. The fourth-order valence-electron chi connectivity index (χ4n) is 3.23. The largest absolute Gasteiger partial charge is 0.365 e. The minimum atomic E-state index is 0.601. The minimum Gasteiger partial charge on any atom is -0.365 e. The summed E-state index contributed by atoms with van der Waals surface area (Å²) in [6, 6.07) is 5.47.